The van der Waals surface area contributed by atoms with Crippen LogP contribution in [0.5, 0.6) is 5.75 Å². The van der Waals surface area contributed by atoms with E-state index in [1.165, 1.54) is 12.1 Å². The highest BCUT2D eigenvalue weighted by molar-refractivity contribution is 7.11. The monoisotopic (exact) mass is 356 g/mol. The highest BCUT2D eigenvalue weighted by atomic mass is 32.1. The number of aromatic nitrogens is 1. The van der Waals surface area contributed by atoms with Crippen molar-refractivity contribution in [3.8, 4) is 5.75 Å². The van der Waals surface area contributed by atoms with Crippen molar-refractivity contribution in [1.82, 2.24) is 10.3 Å². The zero-order valence-electron chi connectivity index (χ0n) is 13.7. The number of carbonyl (C=O) groups is 1. The number of hydrogen-bond acceptors (Lipinski definition) is 4. The Bertz CT molecular complexity index is 862. The molecule has 1 amide bonds. The van der Waals surface area contributed by atoms with Gasteiger partial charge in [-0.25, -0.2) is 9.37 Å². The molecular formula is C19H17FN2O2S. The van der Waals surface area contributed by atoms with E-state index in [4.69, 9.17) is 4.74 Å². The van der Waals surface area contributed by atoms with E-state index in [-0.39, 0.29) is 18.3 Å². The summed E-state index contributed by atoms with van der Waals surface area (Å²) in [6.07, 6.45) is 1.76. The number of para-hydroxylation sites is 1. The molecule has 6 heteroatoms. The van der Waals surface area contributed by atoms with Gasteiger partial charge in [0.25, 0.3) is 5.91 Å². The zero-order valence-corrected chi connectivity index (χ0v) is 14.5. The maximum absolute atomic E-state index is 12.9. The maximum atomic E-state index is 12.9. The van der Waals surface area contributed by atoms with Crippen LogP contribution in [-0.4, -0.2) is 10.9 Å². The lowest BCUT2D eigenvalue weighted by Gasteiger charge is -2.11. The van der Waals surface area contributed by atoms with E-state index in [9.17, 15) is 9.18 Å². The largest absolute Gasteiger partial charge is 0.488 e. The van der Waals surface area contributed by atoms with Gasteiger partial charge in [0.05, 0.1) is 17.1 Å². The second-order valence-electron chi connectivity index (χ2n) is 5.44. The molecule has 0 fully saturated rings. The molecule has 0 atom stereocenters. The summed E-state index contributed by atoms with van der Waals surface area (Å²) in [5, 5.41) is 3.84. The molecule has 128 valence electrons. The molecule has 1 heterocycles. The van der Waals surface area contributed by atoms with Crippen molar-refractivity contribution in [2.45, 2.75) is 20.1 Å². The van der Waals surface area contributed by atoms with Gasteiger partial charge < -0.3 is 10.1 Å². The van der Waals surface area contributed by atoms with Crippen molar-refractivity contribution >= 4 is 17.2 Å². The first-order valence-electron chi connectivity index (χ1n) is 7.77. The maximum Gasteiger partial charge on any atom is 0.255 e. The van der Waals surface area contributed by atoms with Crippen molar-refractivity contribution in [2.24, 2.45) is 0 Å². The van der Waals surface area contributed by atoms with Gasteiger partial charge in [-0.15, -0.1) is 11.3 Å². The molecule has 0 aliphatic rings. The fourth-order valence-electron chi connectivity index (χ4n) is 2.27. The van der Waals surface area contributed by atoms with Gasteiger partial charge in [0.15, 0.2) is 0 Å². The standard InChI is InChI=1S/C19H17FN2O2S/c1-13-21-10-16(25-13)11-22-19(23)17-4-2-3-5-18(17)24-12-14-6-8-15(20)9-7-14/h2-10H,11-12H2,1H3,(H,22,23). The lowest BCUT2D eigenvalue weighted by molar-refractivity contribution is 0.0946. The molecule has 3 rings (SSSR count). The first-order valence-corrected chi connectivity index (χ1v) is 8.59. The summed E-state index contributed by atoms with van der Waals surface area (Å²) < 4.78 is 18.7. The van der Waals surface area contributed by atoms with Crippen molar-refractivity contribution < 1.29 is 13.9 Å². The van der Waals surface area contributed by atoms with Crippen molar-refractivity contribution in [1.29, 1.82) is 0 Å². The molecule has 25 heavy (non-hydrogen) atoms. The molecule has 0 bridgehead atoms. The van der Waals surface area contributed by atoms with Gasteiger partial charge in [0.2, 0.25) is 0 Å². The van der Waals surface area contributed by atoms with Crippen LogP contribution in [0.4, 0.5) is 4.39 Å². The molecule has 0 aliphatic heterocycles. The van der Waals surface area contributed by atoms with Gasteiger partial charge in [0, 0.05) is 11.1 Å². The van der Waals surface area contributed by atoms with E-state index in [2.05, 4.69) is 10.3 Å². The highest BCUT2D eigenvalue weighted by Gasteiger charge is 2.12. The third-order valence-electron chi connectivity index (χ3n) is 3.53. The first-order chi connectivity index (χ1) is 12.1. The SMILES string of the molecule is Cc1ncc(CNC(=O)c2ccccc2OCc2ccc(F)cc2)s1. The second kappa shape index (κ2) is 7.90. The Hall–Kier alpha value is -2.73. The lowest BCUT2D eigenvalue weighted by atomic mass is 10.2. The first kappa shape index (κ1) is 17.1. The molecule has 4 nitrogen and oxygen atoms in total. The van der Waals surface area contributed by atoms with E-state index < -0.39 is 0 Å². The molecule has 0 radical (unpaired) electrons. The number of nitrogens with one attached hydrogen (secondary N) is 1. The lowest BCUT2D eigenvalue weighted by Crippen LogP contribution is -2.23. The minimum atomic E-state index is -0.290. The van der Waals surface area contributed by atoms with Gasteiger partial charge in [-0.1, -0.05) is 24.3 Å². The summed E-state index contributed by atoms with van der Waals surface area (Å²) in [6, 6.07) is 13.1. The van der Waals surface area contributed by atoms with E-state index in [1.807, 2.05) is 13.0 Å². The van der Waals surface area contributed by atoms with Crippen LogP contribution < -0.4 is 10.1 Å². The Morgan fingerprint density at radius 3 is 2.68 bits per heavy atom. The van der Waals surface area contributed by atoms with E-state index in [1.54, 1.807) is 47.9 Å². The van der Waals surface area contributed by atoms with Crippen molar-refractivity contribution in [3.05, 3.63) is 81.6 Å². The van der Waals surface area contributed by atoms with Crippen LogP contribution in [0, 0.1) is 12.7 Å². The number of halogens is 1. The number of ether oxygens (including phenoxy) is 1. The predicted octanol–water partition coefficient (Wildman–Crippen LogP) is 4.10. The van der Waals surface area contributed by atoms with Gasteiger partial charge >= 0.3 is 0 Å². The predicted molar refractivity (Wildman–Crippen MR) is 95.2 cm³/mol. The normalized spacial score (nSPS) is 10.5. The second-order valence-corrected chi connectivity index (χ2v) is 6.76. The summed E-state index contributed by atoms with van der Waals surface area (Å²) in [7, 11) is 0. The summed E-state index contributed by atoms with van der Waals surface area (Å²) in [5.74, 6) is -0.00704. The Balaban J connectivity index is 1.65. The Labute approximate surface area is 149 Å². The number of nitrogens with zero attached hydrogens (tertiary/aromatic N) is 1. The van der Waals surface area contributed by atoms with Crippen LogP contribution in [0.25, 0.3) is 0 Å². The Kier molecular flexibility index (Phi) is 5.40. The van der Waals surface area contributed by atoms with Crippen molar-refractivity contribution in [3.63, 3.8) is 0 Å². The topological polar surface area (TPSA) is 51.2 Å². The Morgan fingerprint density at radius 1 is 1.20 bits per heavy atom. The van der Waals surface area contributed by atoms with Crippen LogP contribution >= 0.6 is 11.3 Å². The third-order valence-corrected chi connectivity index (χ3v) is 4.44. The zero-order chi connectivity index (χ0) is 17.6. The minimum absolute atomic E-state index is 0.208. The van der Waals surface area contributed by atoms with Crippen LogP contribution in [0.15, 0.2) is 54.7 Å². The molecular weight excluding hydrogens is 339 g/mol. The number of benzene rings is 2. The molecule has 1 N–H and O–H groups in total. The molecule has 0 saturated carbocycles. The fraction of sp³-hybridized carbons (Fsp3) is 0.158. The quantitative estimate of drug-likeness (QED) is 0.723. The van der Waals surface area contributed by atoms with E-state index >= 15 is 0 Å². The smallest absolute Gasteiger partial charge is 0.255 e. The summed E-state index contributed by atoms with van der Waals surface area (Å²) >= 11 is 1.55. The summed E-state index contributed by atoms with van der Waals surface area (Å²) in [6.45, 7) is 2.61. The van der Waals surface area contributed by atoms with Crippen LogP contribution in [0.1, 0.15) is 25.8 Å². The molecule has 3 aromatic rings. The average Bonchev–Trinajstić information content (AvgIpc) is 3.05. The summed E-state index contributed by atoms with van der Waals surface area (Å²) in [4.78, 5) is 17.6. The van der Waals surface area contributed by atoms with E-state index in [0.717, 1.165) is 15.4 Å². The third kappa shape index (κ3) is 4.64. The summed E-state index contributed by atoms with van der Waals surface area (Å²) in [5.41, 5.74) is 1.29. The van der Waals surface area contributed by atoms with Gasteiger partial charge in [-0.05, 0) is 36.8 Å². The molecule has 1 aromatic heterocycles. The van der Waals surface area contributed by atoms with Crippen LogP contribution in [-0.2, 0) is 13.2 Å². The van der Waals surface area contributed by atoms with Gasteiger partial charge in [-0.3, -0.25) is 4.79 Å². The molecule has 0 aliphatic carbocycles. The molecule has 0 unspecified atom stereocenters. The fourth-order valence-corrected chi connectivity index (χ4v) is 3.01. The van der Waals surface area contributed by atoms with Gasteiger partial charge in [-0.2, -0.15) is 0 Å². The number of aryl methyl sites for hydroxylation is 1. The minimum Gasteiger partial charge on any atom is -0.488 e. The van der Waals surface area contributed by atoms with Crippen molar-refractivity contribution in [2.75, 3.05) is 0 Å². The highest BCUT2D eigenvalue weighted by Crippen LogP contribution is 2.20. The molecule has 2 aromatic carbocycles. The number of hydrogen-bond donors (Lipinski definition) is 1. The van der Waals surface area contributed by atoms with Crippen LogP contribution in [0.3, 0.4) is 0 Å². The number of amides is 1. The molecule has 0 saturated heterocycles. The van der Waals surface area contributed by atoms with Crippen LogP contribution in [0.2, 0.25) is 0 Å². The Morgan fingerprint density at radius 2 is 1.96 bits per heavy atom. The van der Waals surface area contributed by atoms with Gasteiger partial charge in [0.1, 0.15) is 18.2 Å². The van der Waals surface area contributed by atoms with E-state index in [0.29, 0.717) is 17.9 Å². The number of rotatable bonds is 6. The number of carbonyl (C=O) groups excluding carboxylic acids is 1. The average molecular weight is 356 g/mol. The number of thiazole rings is 1. The molecule has 0 spiro atoms.